The Morgan fingerprint density at radius 1 is 0.676 bits per heavy atom. The molecule has 2 amide bonds. The van der Waals surface area contributed by atoms with E-state index in [2.05, 4.69) is 12.2 Å². The average molecular weight is 454 g/mol. The average Bonchev–Trinajstić information content (AvgIpc) is 3.15. The molecule has 0 bridgehead atoms. The number of nitrogens with zero attached hydrogens (tertiary/aromatic N) is 1. The number of carbonyl (C=O) groups excluding carboxylic acids is 2. The number of hydrogen-bond donors (Lipinski definition) is 0. The second-order valence-corrected chi connectivity index (χ2v) is 8.66. The van der Waals surface area contributed by atoms with Crippen LogP contribution < -0.4 is 9.47 Å². The first-order chi connectivity index (χ1) is 16.7. The first kappa shape index (κ1) is 22.0. The van der Waals surface area contributed by atoms with Crippen molar-refractivity contribution < 1.29 is 19.1 Å². The van der Waals surface area contributed by atoms with Crippen molar-refractivity contribution in [3.05, 3.63) is 108 Å². The second kappa shape index (κ2) is 9.56. The fraction of sp³-hybridized carbons (Fsp3) is 0.241. The van der Waals surface area contributed by atoms with Gasteiger partial charge >= 0.3 is 0 Å². The standard InChI is InChI=1S/C29H27NO4/c1-33-22-12-14-23(15-13-22)34-19-18-30-28(31)26-24(20-8-4-2-5-9-20)16-17-25(27(26)29(30)32)21-10-6-3-7-11-21/h2-17,24-27H,18-19H2,1H3/t24-,25-,26-,27+/m1/s1. The van der Waals surface area contributed by atoms with Crippen LogP contribution in [-0.4, -0.2) is 37.0 Å². The highest BCUT2D eigenvalue weighted by Gasteiger charge is 2.54. The summed E-state index contributed by atoms with van der Waals surface area (Å²) in [6.07, 6.45) is 4.22. The van der Waals surface area contributed by atoms with Crippen molar-refractivity contribution in [2.45, 2.75) is 11.8 Å². The first-order valence-electron chi connectivity index (χ1n) is 11.6. The maximum absolute atomic E-state index is 13.6. The van der Waals surface area contributed by atoms with Crippen LogP contribution in [0.25, 0.3) is 0 Å². The van der Waals surface area contributed by atoms with Crippen molar-refractivity contribution in [2.75, 3.05) is 20.3 Å². The van der Waals surface area contributed by atoms with E-state index in [1.807, 2.05) is 84.9 Å². The molecule has 1 heterocycles. The number of amides is 2. The topological polar surface area (TPSA) is 55.8 Å². The molecule has 5 rings (SSSR count). The van der Waals surface area contributed by atoms with Crippen LogP contribution in [0, 0.1) is 11.8 Å². The first-order valence-corrected chi connectivity index (χ1v) is 11.6. The van der Waals surface area contributed by atoms with Gasteiger partial charge in [-0.05, 0) is 35.4 Å². The van der Waals surface area contributed by atoms with Crippen molar-refractivity contribution in [3.63, 3.8) is 0 Å². The van der Waals surface area contributed by atoms with Crippen LogP contribution in [0.3, 0.4) is 0 Å². The van der Waals surface area contributed by atoms with Crippen LogP contribution in [0.2, 0.25) is 0 Å². The fourth-order valence-electron chi connectivity index (χ4n) is 5.14. The number of likely N-dealkylation sites (tertiary alicyclic amines) is 1. The van der Waals surface area contributed by atoms with Gasteiger partial charge in [-0.1, -0.05) is 72.8 Å². The predicted octanol–water partition coefficient (Wildman–Crippen LogP) is 4.81. The summed E-state index contributed by atoms with van der Waals surface area (Å²) < 4.78 is 11.0. The largest absolute Gasteiger partial charge is 0.497 e. The molecule has 2 aliphatic rings. The SMILES string of the molecule is COc1ccc(OCCN2C(=O)[C@@H]3[C@H](C2=O)[C@@H](c2ccccc2)C=C[C@@H]3c2ccccc2)cc1. The highest BCUT2D eigenvalue weighted by molar-refractivity contribution is 6.06. The zero-order valence-corrected chi connectivity index (χ0v) is 19.0. The third-order valence-corrected chi connectivity index (χ3v) is 6.80. The molecule has 5 heteroatoms. The lowest BCUT2D eigenvalue weighted by Gasteiger charge is -2.32. The number of carbonyl (C=O) groups is 2. The zero-order valence-electron chi connectivity index (χ0n) is 19.0. The van der Waals surface area contributed by atoms with Crippen LogP contribution in [0.1, 0.15) is 23.0 Å². The van der Waals surface area contributed by atoms with E-state index in [1.54, 1.807) is 7.11 Å². The molecule has 172 valence electrons. The van der Waals surface area contributed by atoms with E-state index in [0.717, 1.165) is 16.9 Å². The molecular formula is C29H27NO4. The monoisotopic (exact) mass is 453 g/mol. The summed E-state index contributed by atoms with van der Waals surface area (Å²) in [5.41, 5.74) is 2.11. The molecule has 0 N–H and O–H groups in total. The summed E-state index contributed by atoms with van der Waals surface area (Å²) in [7, 11) is 1.61. The van der Waals surface area contributed by atoms with Gasteiger partial charge < -0.3 is 9.47 Å². The Hall–Kier alpha value is -3.86. The number of benzene rings is 3. The molecule has 4 atom stereocenters. The number of allylic oxidation sites excluding steroid dienone is 2. The third-order valence-electron chi connectivity index (χ3n) is 6.80. The lowest BCUT2D eigenvalue weighted by molar-refractivity contribution is -0.140. The van der Waals surface area contributed by atoms with Crippen molar-refractivity contribution >= 4 is 11.8 Å². The van der Waals surface area contributed by atoms with Crippen molar-refractivity contribution in [2.24, 2.45) is 11.8 Å². The Labute approximate surface area is 199 Å². The predicted molar refractivity (Wildman–Crippen MR) is 130 cm³/mol. The van der Waals surface area contributed by atoms with Gasteiger partial charge in [0.05, 0.1) is 25.5 Å². The summed E-state index contributed by atoms with van der Waals surface area (Å²) in [5.74, 6) is 0.0680. The highest BCUT2D eigenvalue weighted by Crippen LogP contribution is 2.49. The van der Waals surface area contributed by atoms with Crippen molar-refractivity contribution in [1.29, 1.82) is 0 Å². The van der Waals surface area contributed by atoms with E-state index in [0.29, 0.717) is 5.75 Å². The summed E-state index contributed by atoms with van der Waals surface area (Å²) in [4.78, 5) is 28.7. The smallest absolute Gasteiger partial charge is 0.234 e. The molecule has 1 saturated heterocycles. The molecule has 1 aliphatic heterocycles. The minimum Gasteiger partial charge on any atom is -0.497 e. The van der Waals surface area contributed by atoms with Gasteiger partial charge in [-0.3, -0.25) is 14.5 Å². The molecule has 0 spiro atoms. The van der Waals surface area contributed by atoms with Gasteiger partial charge in [0.2, 0.25) is 11.8 Å². The number of hydrogen-bond acceptors (Lipinski definition) is 4. The summed E-state index contributed by atoms with van der Waals surface area (Å²) in [6.45, 7) is 0.461. The lowest BCUT2D eigenvalue weighted by atomic mass is 9.68. The zero-order chi connectivity index (χ0) is 23.5. The molecule has 1 aliphatic carbocycles. The maximum Gasteiger partial charge on any atom is 0.234 e. The van der Waals surface area contributed by atoms with Crippen molar-refractivity contribution in [1.82, 2.24) is 4.90 Å². The Balaban J connectivity index is 1.39. The third kappa shape index (κ3) is 4.10. The van der Waals surface area contributed by atoms with E-state index < -0.39 is 11.8 Å². The van der Waals surface area contributed by atoms with Gasteiger partial charge in [-0.15, -0.1) is 0 Å². The summed E-state index contributed by atoms with van der Waals surface area (Å²) >= 11 is 0. The Kier molecular flexibility index (Phi) is 6.17. The molecule has 3 aromatic rings. The van der Waals surface area contributed by atoms with E-state index >= 15 is 0 Å². The van der Waals surface area contributed by atoms with Crippen LogP contribution in [0.4, 0.5) is 0 Å². The maximum atomic E-state index is 13.6. The van der Waals surface area contributed by atoms with Gasteiger partial charge in [0, 0.05) is 11.8 Å². The molecule has 3 aromatic carbocycles. The molecule has 1 fully saturated rings. The number of fused-ring (bicyclic) bond motifs is 1. The van der Waals surface area contributed by atoms with Gasteiger partial charge in [-0.2, -0.15) is 0 Å². The summed E-state index contributed by atoms with van der Waals surface area (Å²) in [6, 6.07) is 27.2. The number of ether oxygens (including phenoxy) is 2. The number of rotatable bonds is 7. The van der Waals surface area contributed by atoms with Gasteiger partial charge in [0.15, 0.2) is 0 Å². The quantitative estimate of drug-likeness (QED) is 0.381. The molecular weight excluding hydrogens is 426 g/mol. The molecule has 5 nitrogen and oxygen atoms in total. The number of methoxy groups -OCH3 is 1. The normalized spacial score (nSPS) is 23.6. The van der Waals surface area contributed by atoms with Gasteiger partial charge in [0.1, 0.15) is 18.1 Å². The lowest BCUT2D eigenvalue weighted by Crippen LogP contribution is -2.35. The Morgan fingerprint density at radius 2 is 1.15 bits per heavy atom. The van der Waals surface area contributed by atoms with Gasteiger partial charge in [0.25, 0.3) is 0 Å². The second-order valence-electron chi connectivity index (χ2n) is 8.66. The number of imide groups is 1. The molecule has 34 heavy (non-hydrogen) atoms. The van der Waals surface area contributed by atoms with Crippen molar-refractivity contribution in [3.8, 4) is 11.5 Å². The minimum atomic E-state index is -0.425. The molecule has 0 radical (unpaired) electrons. The van der Waals surface area contributed by atoms with Crippen LogP contribution in [0.15, 0.2) is 97.1 Å². The fourth-order valence-corrected chi connectivity index (χ4v) is 5.14. The van der Waals surface area contributed by atoms with E-state index in [1.165, 1.54) is 4.90 Å². The van der Waals surface area contributed by atoms with E-state index in [9.17, 15) is 9.59 Å². The van der Waals surface area contributed by atoms with E-state index in [-0.39, 0.29) is 36.8 Å². The molecule has 0 aromatic heterocycles. The minimum absolute atomic E-state index is 0.118. The van der Waals surface area contributed by atoms with Gasteiger partial charge in [-0.25, -0.2) is 0 Å². The van der Waals surface area contributed by atoms with E-state index in [4.69, 9.17) is 9.47 Å². The molecule has 0 saturated carbocycles. The highest BCUT2D eigenvalue weighted by atomic mass is 16.5. The molecule has 0 unspecified atom stereocenters. The van der Waals surface area contributed by atoms with Crippen LogP contribution in [-0.2, 0) is 9.59 Å². The van der Waals surface area contributed by atoms with Crippen LogP contribution in [0.5, 0.6) is 11.5 Å². The Bertz CT molecular complexity index is 1110. The van der Waals surface area contributed by atoms with Crippen LogP contribution >= 0.6 is 0 Å². The Morgan fingerprint density at radius 3 is 1.62 bits per heavy atom. The summed E-state index contributed by atoms with van der Waals surface area (Å²) in [5, 5.41) is 0.